The second-order valence-corrected chi connectivity index (χ2v) is 10.3. The highest BCUT2D eigenvalue weighted by Gasteiger charge is 2.19. The Morgan fingerprint density at radius 2 is 1.19 bits per heavy atom. The molecule has 7 rings (SSSR count). The maximum Gasteiger partial charge on any atom is 0.0440 e. The molecule has 2 heteroatoms. The summed E-state index contributed by atoms with van der Waals surface area (Å²) in [4.78, 5) is 0. The second-order valence-electron chi connectivity index (χ2n) is 9.31. The third-order valence-electron chi connectivity index (χ3n) is 7.18. The van der Waals surface area contributed by atoms with Crippen LogP contribution < -0.4 is 0 Å². The third kappa shape index (κ3) is 3.57. The molecule has 0 spiro atoms. The van der Waals surface area contributed by atoms with Gasteiger partial charge in [0.2, 0.25) is 0 Å². The Morgan fingerprint density at radius 1 is 0.486 bits per heavy atom. The first-order chi connectivity index (χ1) is 18.3. The van der Waals surface area contributed by atoms with Crippen LogP contribution in [0.15, 0.2) is 127 Å². The molecule has 0 unspecified atom stereocenters. The molecule has 0 atom stereocenters. The summed E-state index contributed by atoms with van der Waals surface area (Å²) in [6.07, 6.45) is 1.50. The van der Waals surface area contributed by atoms with Gasteiger partial charge < -0.3 is 5.41 Å². The molecule has 1 heterocycles. The SMILES string of the molecule is N=Cc1ccc(-c2cccc3ccccc23)c2sc3c(-c4ccccc4)cc(-c4ccccc4)cc3c12. The fourth-order valence-corrected chi connectivity index (χ4v) is 6.81. The summed E-state index contributed by atoms with van der Waals surface area (Å²) in [5.41, 5.74) is 8.24. The van der Waals surface area contributed by atoms with Crippen LogP contribution in [0.1, 0.15) is 5.56 Å². The van der Waals surface area contributed by atoms with Crippen molar-refractivity contribution in [3.63, 3.8) is 0 Å². The molecule has 6 aromatic carbocycles. The molecule has 37 heavy (non-hydrogen) atoms. The molecule has 0 aliphatic heterocycles. The van der Waals surface area contributed by atoms with Gasteiger partial charge >= 0.3 is 0 Å². The van der Waals surface area contributed by atoms with Crippen molar-refractivity contribution in [1.82, 2.24) is 0 Å². The van der Waals surface area contributed by atoms with Crippen molar-refractivity contribution >= 4 is 48.5 Å². The predicted molar refractivity (Wildman–Crippen MR) is 161 cm³/mol. The van der Waals surface area contributed by atoms with E-state index in [9.17, 15) is 0 Å². The topological polar surface area (TPSA) is 23.9 Å². The van der Waals surface area contributed by atoms with Crippen molar-refractivity contribution in [3.8, 4) is 33.4 Å². The minimum absolute atomic E-state index is 0.953. The largest absolute Gasteiger partial charge is 0.308 e. The minimum atomic E-state index is 0.953. The summed E-state index contributed by atoms with van der Waals surface area (Å²) in [5, 5.41) is 13.1. The van der Waals surface area contributed by atoms with Crippen LogP contribution in [-0.2, 0) is 0 Å². The highest BCUT2D eigenvalue weighted by atomic mass is 32.1. The number of benzene rings is 6. The van der Waals surface area contributed by atoms with E-state index in [2.05, 4.69) is 127 Å². The lowest BCUT2D eigenvalue weighted by Gasteiger charge is -2.10. The summed E-state index contributed by atoms with van der Waals surface area (Å²) in [6.45, 7) is 0. The van der Waals surface area contributed by atoms with Gasteiger partial charge in [0, 0.05) is 43.1 Å². The first kappa shape index (κ1) is 21.7. The highest BCUT2D eigenvalue weighted by molar-refractivity contribution is 7.27. The van der Waals surface area contributed by atoms with Crippen molar-refractivity contribution in [2.45, 2.75) is 0 Å². The van der Waals surface area contributed by atoms with E-state index in [0.717, 1.165) is 10.9 Å². The van der Waals surface area contributed by atoms with Crippen LogP contribution in [0.2, 0.25) is 0 Å². The quantitative estimate of drug-likeness (QED) is 0.238. The fourth-order valence-electron chi connectivity index (χ4n) is 5.43. The molecule has 0 aliphatic rings. The zero-order valence-corrected chi connectivity index (χ0v) is 20.9. The van der Waals surface area contributed by atoms with E-state index in [4.69, 9.17) is 5.41 Å². The van der Waals surface area contributed by atoms with Crippen LogP contribution in [0.3, 0.4) is 0 Å². The Kier molecular flexibility index (Phi) is 5.20. The van der Waals surface area contributed by atoms with Gasteiger partial charge in [-0.15, -0.1) is 11.3 Å². The molecule has 174 valence electrons. The van der Waals surface area contributed by atoms with Crippen LogP contribution in [0, 0.1) is 5.41 Å². The number of nitrogens with one attached hydrogen (secondary N) is 1. The standard InChI is InChI=1S/C35H23NS/c36-22-26-18-19-30(29-17-9-15-24-14-7-8-16-28(24)29)35-33(26)32-21-27(23-10-3-1-4-11-23)20-31(34(32)37-35)25-12-5-2-6-13-25/h1-22,36H. The fraction of sp³-hybridized carbons (Fsp3) is 0. The van der Waals surface area contributed by atoms with E-state index >= 15 is 0 Å². The minimum Gasteiger partial charge on any atom is -0.308 e. The van der Waals surface area contributed by atoms with Crippen molar-refractivity contribution < 1.29 is 0 Å². The van der Waals surface area contributed by atoms with Gasteiger partial charge in [0.15, 0.2) is 0 Å². The molecule has 1 nitrogen and oxygen atoms in total. The second kappa shape index (κ2) is 8.85. The van der Waals surface area contributed by atoms with Crippen LogP contribution >= 0.6 is 11.3 Å². The Morgan fingerprint density at radius 3 is 1.97 bits per heavy atom. The predicted octanol–water partition coefficient (Wildman–Crippen LogP) is 10.2. The maximum atomic E-state index is 8.26. The lowest BCUT2D eigenvalue weighted by atomic mass is 9.93. The smallest absolute Gasteiger partial charge is 0.0440 e. The van der Waals surface area contributed by atoms with Gasteiger partial charge in [-0.2, -0.15) is 0 Å². The van der Waals surface area contributed by atoms with Crippen LogP contribution in [-0.4, -0.2) is 6.21 Å². The molecule has 0 aliphatic carbocycles. The summed E-state index contributed by atoms with van der Waals surface area (Å²) in [6, 6.07) is 45.3. The lowest BCUT2D eigenvalue weighted by Crippen LogP contribution is -1.87. The Balaban J connectivity index is 1.63. The zero-order valence-electron chi connectivity index (χ0n) is 20.1. The monoisotopic (exact) mass is 489 g/mol. The number of thiophene rings is 1. The summed E-state index contributed by atoms with van der Waals surface area (Å²) < 4.78 is 2.49. The van der Waals surface area contributed by atoms with Gasteiger partial charge in [-0.05, 0) is 45.2 Å². The molecule has 0 radical (unpaired) electrons. The van der Waals surface area contributed by atoms with Crippen LogP contribution in [0.5, 0.6) is 0 Å². The molecule has 0 fully saturated rings. The van der Waals surface area contributed by atoms with Gasteiger partial charge in [0.25, 0.3) is 0 Å². The number of hydrogen-bond donors (Lipinski definition) is 1. The number of rotatable bonds is 4. The van der Waals surface area contributed by atoms with Gasteiger partial charge in [0.05, 0.1) is 0 Å². The average molecular weight is 490 g/mol. The van der Waals surface area contributed by atoms with E-state index in [1.165, 1.54) is 65.2 Å². The first-order valence-corrected chi connectivity index (χ1v) is 13.3. The van der Waals surface area contributed by atoms with Gasteiger partial charge in [-0.3, -0.25) is 0 Å². The average Bonchev–Trinajstić information content (AvgIpc) is 3.37. The van der Waals surface area contributed by atoms with E-state index in [1.54, 1.807) is 0 Å². The molecule has 1 N–H and O–H groups in total. The Labute approximate surface area is 219 Å². The third-order valence-corrected chi connectivity index (χ3v) is 8.45. The molecular formula is C35H23NS. The molecule has 1 aromatic heterocycles. The zero-order chi connectivity index (χ0) is 24.8. The Bertz CT molecular complexity index is 1930. The van der Waals surface area contributed by atoms with Crippen LogP contribution in [0.4, 0.5) is 0 Å². The summed E-state index contributed by atoms with van der Waals surface area (Å²) in [7, 11) is 0. The van der Waals surface area contributed by atoms with Crippen molar-refractivity contribution in [1.29, 1.82) is 5.41 Å². The van der Waals surface area contributed by atoms with Crippen molar-refractivity contribution in [2.75, 3.05) is 0 Å². The van der Waals surface area contributed by atoms with E-state index in [0.29, 0.717) is 0 Å². The van der Waals surface area contributed by atoms with Crippen molar-refractivity contribution in [3.05, 3.63) is 133 Å². The maximum absolute atomic E-state index is 8.26. The van der Waals surface area contributed by atoms with Crippen LogP contribution in [0.25, 0.3) is 64.3 Å². The van der Waals surface area contributed by atoms with E-state index < -0.39 is 0 Å². The number of fused-ring (bicyclic) bond motifs is 4. The van der Waals surface area contributed by atoms with Gasteiger partial charge in [-0.25, -0.2) is 0 Å². The molecule has 7 aromatic rings. The normalized spacial score (nSPS) is 11.4. The Hall–Kier alpha value is -4.53. The summed E-state index contributed by atoms with van der Waals surface area (Å²) in [5.74, 6) is 0. The van der Waals surface area contributed by atoms with E-state index in [-0.39, 0.29) is 0 Å². The van der Waals surface area contributed by atoms with E-state index in [1.807, 2.05) is 11.3 Å². The van der Waals surface area contributed by atoms with Crippen molar-refractivity contribution in [2.24, 2.45) is 0 Å². The summed E-state index contributed by atoms with van der Waals surface area (Å²) >= 11 is 1.84. The highest BCUT2D eigenvalue weighted by Crippen LogP contribution is 2.47. The molecule has 0 amide bonds. The van der Waals surface area contributed by atoms with Gasteiger partial charge in [0.1, 0.15) is 0 Å². The molecule has 0 saturated heterocycles. The molecule has 0 bridgehead atoms. The lowest BCUT2D eigenvalue weighted by molar-refractivity contribution is 1.56. The number of hydrogen-bond acceptors (Lipinski definition) is 2. The van der Waals surface area contributed by atoms with Gasteiger partial charge in [-0.1, -0.05) is 115 Å². The molecule has 0 saturated carbocycles. The first-order valence-electron chi connectivity index (χ1n) is 12.4. The molecular weight excluding hydrogens is 466 g/mol.